The summed E-state index contributed by atoms with van der Waals surface area (Å²) in [6.45, 7) is 3.35. The lowest BCUT2D eigenvalue weighted by Gasteiger charge is -2.03. The monoisotopic (exact) mass is 307 g/mol. The molecule has 1 amide bonds. The number of nitro groups is 1. The number of nitrogens with two attached hydrogens (primary N) is 1. The standard InChI is InChI=1S/C12H13N5O3S/c1-6-5-8(3-4-9(6)17(19)20)10(18)14-12-16-15-11(21-12)7(2)13/h3-5,7H,13H2,1-2H3,(H,14,16,18). The molecule has 0 aliphatic rings. The van der Waals surface area contributed by atoms with Gasteiger partial charge in [-0.05, 0) is 26.0 Å². The smallest absolute Gasteiger partial charge is 0.272 e. The number of aryl methyl sites for hydroxylation is 1. The Labute approximate surface area is 124 Å². The summed E-state index contributed by atoms with van der Waals surface area (Å²) in [5.74, 6) is -0.402. The van der Waals surface area contributed by atoms with Gasteiger partial charge in [0.1, 0.15) is 5.01 Å². The maximum absolute atomic E-state index is 12.1. The summed E-state index contributed by atoms with van der Waals surface area (Å²) in [6, 6.07) is 3.90. The number of rotatable bonds is 4. The van der Waals surface area contributed by atoms with Crippen molar-refractivity contribution >= 4 is 28.1 Å². The molecule has 0 bridgehead atoms. The Kier molecular flexibility index (Phi) is 4.24. The second-order valence-electron chi connectivity index (χ2n) is 4.45. The Bertz CT molecular complexity index is 698. The van der Waals surface area contributed by atoms with Crippen molar-refractivity contribution in [3.05, 3.63) is 44.4 Å². The first-order valence-electron chi connectivity index (χ1n) is 6.04. The predicted molar refractivity (Wildman–Crippen MR) is 78.3 cm³/mol. The molecule has 1 aromatic carbocycles. The van der Waals surface area contributed by atoms with Crippen LogP contribution in [0.15, 0.2) is 18.2 Å². The van der Waals surface area contributed by atoms with Gasteiger partial charge in [-0.1, -0.05) is 11.3 Å². The Morgan fingerprint density at radius 3 is 2.71 bits per heavy atom. The summed E-state index contributed by atoms with van der Waals surface area (Å²) in [6.07, 6.45) is 0. The third-order valence-electron chi connectivity index (χ3n) is 2.71. The van der Waals surface area contributed by atoms with Gasteiger partial charge in [0.25, 0.3) is 11.6 Å². The third-order valence-corrected chi connectivity index (χ3v) is 3.75. The van der Waals surface area contributed by atoms with Crippen LogP contribution in [0.4, 0.5) is 10.8 Å². The first kappa shape index (κ1) is 15.0. The highest BCUT2D eigenvalue weighted by molar-refractivity contribution is 7.15. The average molecular weight is 307 g/mol. The maximum atomic E-state index is 12.1. The number of nitro benzene ring substituents is 1. The molecule has 0 aliphatic heterocycles. The number of hydrogen-bond acceptors (Lipinski definition) is 7. The summed E-state index contributed by atoms with van der Waals surface area (Å²) < 4.78 is 0. The molecule has 3 N–H and O–H groups in total. The van der Waals surface area contributed by atoms with E-state index in [1.165, 1.54) is 29.5 Å². The third kappa shape index (κ3) is 3.38. The Balaban J connectivity index is 2.16. The highest BCUT2D eigenvalue weighted by atomic mass is 32.1. The van der Waals surface area contributed by atoms with Crippen LogP contribution in [0.25, 0.3) is 0 Å². The quantitative estimate of drug-likeness (QED) is 0.657. The van der Waals surface area contributed by atoms with E-state index in [-0.39, 0.29) is 11.7 Å². The Hall–Kier alpha value is -2.39. The molecule has 2 rings (SSSR count). The minimum atomic E-state index is -0.489. The summed E-state index contributed by atoms with van der Waals surface area (Å²) in [4.78, 5) is 22.3. The van der Waals surface area contributed by atoms with Crippen LogP contribution in [0.3, 0.4) is 0 Å². The van der Waals surface area contributed by atoms with Gasteiger partial charge in [-0.3, -0.25) is 20.2 Å². The Morgan fingerprint density at radius 1 is 1.48 bits per heavy atom. The minimum absolute atomic E-state index is 0.0262. The van der Waals surface area contributed by atoms with Crippen LogP contribution < -0.4 is 11.1 Å². The van der Waals surface area contributed by atoms with Crippen LogP contribution in [-0.4, -0.2) is 21.0 Å². The van der Waals surface area contributed by atoms with Crippen molar-refractivity contribution in [3.8, 4) is 0 Å². The number of carbonyl (C=O) groups excluding carboxylic acids is 1. The molecule has 1 atom stereocenters. The lowest BCUT2D eigenvalue weighted by molar-refractivity contribution is -0.385. The van der Waals surface area contributed by atoms with Crippen molar-refractivity contribution in [3.63, 3.8) is 0 Å². The molecule has 0 saturated heterocycles. The highest BCUT2D eigenvalue weighted by Gasteiger charge is 2.15. The zero-order valence-electron chi connectivity index (χ0n) is 11.4. The number of amides is 1. The molecule has 21 heavy (non-hydrogen) atoms. The van der Waals surface area contributed by atoms with Crippen molar-refractivity contribution in [1.29, 1.82) is 0 Å². The van der Waals surface area contributed by atoms with Gasteiger partial charge < -0.3 is 5.73 Å². The summed E-state index contributed by atoms with van der Waals surface area (Å²) in [5, 5.41) is 22.0. The molecule has 0 radical (unpaired) electrons. The molecule has 8 nitrogen and oxygen atoms in total. The molecule has 9 heteroatoms. The lowest BCUT2D eigenvalue weighted by Crippen LogP contribution is -2.12. The number of aromatic nitrogens is 2. The van der Waals surface area contributed by atoms with E-state index in [2.05, 4.69) is 15.5 Å². The van der Waals surface area contributed by atoms with Crippen LogP contribution in [-0.2, 0) is 0 Å². The zero-order chi connectivity index (χ0) is 15.6. The normalized spacial score (nSPS) is 12.0. The minimum Gasteiger partial charge on any atom is -0.322 e. The van der Waals surface area contributed by atoms with Crippen molar-refractivity contribution < 1.29 is 9.72 Å². The van der Waals surface area contributed by atoms with Crippen molar-refractivity contribution in [2.45, 2.75) is 19.9 Å². The zero-order valence-corrected chi connectivity index (χ0v) is 12.2. The molecule has 0 aliphatic carbocycles. The second kappa shape index (κ2) is 5.94. The van der Waals surface area contributed by atoms with E-state index in [0.29, 0.717) is 21.3 Å². The van der Waals surface area contributed by atoms with Gasteiger partial charge in [0.2, 0.25) is 5.13 Å². The van der Waals surface area contributed by atoms with E-state index in [1.54, 1.807) is 13.8 Å². The predicted octanol–water partition coefficient (Wildman–Crippen LogP) is 2.03. The van der Waals surface area contributed by atoms with Crippen LogP contribution in [0.2, 0.25) is 0 Å². The molecule has 1 aromatic heterocycles. The van der Waals surface area contributed by atoms with Crippen LogP contribution in [0, 0.1) is 17.0 Å². The Morgan fingerprint density at radius 2 is 2.19 bits per heavy atom. The van der Waals surface area contributed by atoms with Gasteiger partial charge in [-0.25, -0.2) is 0 Å². The van der Waals surface area contributed by atoms with E-state index in [4.69, 9.17) is 5.73 Å². The molecule has 0 saturated carbocycles. The van der Waals surface area contributed by atoms with Gasteiger partial charge in [0.15, 0.2) is 0 Å². The first-order chi connectivity index (χ1) is 9.88. The number of hydrogen-bond donors (Lipinski definition) is 2. The number of nitrogens with zero attached hydrogens (tertiary/aromatic N) is 3. The molecule has 1 unspecified atom stereocenters. The van der Waals surface area contributed by atoms with Gasteiger partial charge in [0, 0.05) is 17.2 Å². The first-order valence-corrected chi connectivity index (χ1v) is 6.85. The van der Waals surface area contributed by atoms with Gasteiger partial charge in [-0.2, -0.15) is 0 Å². The molecule has 0 fully saturated rings. The van der Waals surface area contributed by atoms with E-state index in [9.17, 15) is 14.9 Å². The average Bonchev–Trinajstić information content (AvgIpc) is 2.86. The van der Waals surface area contributed by atoms with Crippen LogP contribution in [0.5, 0.6) is 0 Å². The lowest BCUT2D eigenvalue weighted by atomic mass is 10.1. The van der Waals surface area contributed by atoms with E-state index < -0.39 is 10.8 Å². The maximum Gasteiger partial charge on any atom is 0.272 e. The molecule has 1 heterocycles. The van der Waals surface area contributed by atoms with Gasteiger partial charge in [-0.15, -0.1) is 10.2 Å². The fourth-order valence-corrected chi connectivity index (χ4v) is 2.33. The summed E-state index contributed by atoms with van der Waals surface area (Å²) in [7, 11) is 0. The SMILES string of the molecule is Cc1cc(C(=O)Nc2nnc(C(C)N)s2)ccc1[N+](=O)[O-]. The molecule has 0 spiro atoms. The topological polar surface area (TPSA) is 124 Å². The molecular weight excluding hydrogens is 294 g/mol. The van der Waals surface area contributed by atoms with Crippen molar-refractivity contribution in [2.24, 2.45) is 5.73 Å². The number of nitrogens with one attached hydrogen (secondary N) is 1. The highest BCUT2D eigenvalue weighted by Crippen LogP contribution is 2.22. The second-order valence-corrected chi connectivity index (χ2v) is 5.46. The fourth-order valence-electron chi connectivity index (χ4n) is 1.64. The summed E-state index contributed by atoms with van der Waals surface area (Å²) in [5.41, 5.74) is 6.37. The van der Waals surface area contributed by atoms with Crippen LogP contribution in [0.1, 0.15) is 33.9 Å². The van der Waals surface area contributed by atoms with Crippen LogP contribution >= 0.6 is 11.3 Å². The fraction of sp³-hybridized carbons (Fsp3) is 0.250. The molecule has 2 aromatic rings. The van der Waals surface area contributed by atoms with Crippen molar-refractivity contribution in [2.75, 3.05) is 5.32 Å². The molecule has 110 valence electrons. The van der Waals surface area contributed by atoms with Gasteiger partial charge >= 0.3 is 0 Å². The van der Waals surface area contributed by atoms with E-state index in [1.807, 2.05) is 0 Å². The molecular formula is C12H13N5O3S. The summed E-state index contributed by atoms with van der Waals surface area (Å²) >= 11 is 1.19. The van der Waals surface area contributed by atoms with Crippen molar-refractivity contribution in [1.82, 2.24) is 10.2 Å². The van der Waals surface area contributed by atoms with E-state index >= 15 is 0 Å². The number of benzene rings is 1. The largest absolute Gasteiger partial charge is 0.322 e. The number of carbonyl (C=O) groups is 1. The van der Waals surface area contributed by atoms with Gasteiger partial charge in [0.05, 0.1) is 11.0 Å². The van der Waals surface area contributed by atoms with E-state index in [0.717, 1.165) is 0 Å². The number of anilines is 1.